The molecule has 0 aliphatic carbocycles. The van der Waals surface area contributed by atoms with Gasteiger partial charge in [-0.05, 0) is 50.5 Å². The van der Waals surface area contributed by atoms with Gasteiger partial charge in [0.05, 0.1) is 0 Å². The van der Waals surface area contributed by atoms with Crippen LogP contribution in [0.4, 0.5) is 4.79 Å². The van der Waals surface area contributed by atoms with E-state index in [0.717, 1.165) is 17.5 Å². The van der Waals surface area contributed by atoms with E-state index in [1.807, 2.05) is 26.8 Å². The van der Waals surface area contributed by atoms with Gasteiger partial charge in [0.15, 0.2) is 6.61 Å². The number of nitrogens with zero attached hydrogens (tertiary/aromatic N) is 1. The van der Waals surface area contributed by atoms with Crippen LogP contribution in [0.25, 0.3) is 0 Å². The molecule has 2 rings (SSSR count). The Morgan fingerprint density at radius 2 is 2.00 bits per heavy atom. The Balaban J connectivity index is 2.06. The van der Waals surface area contributed by atoms with Crippen molar-refractivity contribution in [2.75, 3.05) is 13.2 Å². The van der Waals surface area contributed by atoms with Crippen molar-refractivity contribution in [2.24, 2.45) is 0 Å². The van der Waals surface area contributed by atoms with Gasteiger partial charge in [0, 0.05) is 13.1 Å². The molecule has 120 valence electrons. The highest BCUT2D eigenvalue weighted by atomic mass is 16.6. The van der Waals surface area contributed by atoms with Crippen molar-refractivity contribution in [3.8, 4) is 5.75 Å². The minimum Gasteiger partial charge on any atom is -0.482 e. The minimum absolute atomic E-state index is 0.338. The molecular formula is C16H21NO5. The average Bonchev–Trinajstić information content (AvgIpc) is 2.42. The van der Waals surface area contributed by atoms with Gasteiger partial charge < -0.3 is 19.5 Å². The molecule has 6 nitrogen and oxygen atoms in total. The van der Waals surface area contributed by atoms with Crippen molar-refractivity contribution in [3.63, 3.8) is 0 Å². The van der Waals surface area contributed by atoms with Gasteiger partial charge >= 0.3 is 12.1 Å². The van der Waals surface area contributed by atoms with Gasteiger partial charge in [-0.1, -0.05) is 6.07 Å². The maximum atomic E-state index is 12.1. The van der Waals surface area contributed by atoms with Crippen LogP contribution in [0.2, 0.25) is 0 Å². The number of carboxylic acid groups (broad SMARTS) is 1. The molecule has 0 unspecified atom stereocenters. The quantitative estimate of drug-likeness (QED) is 0.928. The maximum Gasteiger partial charge on any atom is 0.410 e. The van der Waals surface area contributed by atoms with Crippen LogP contribution in [0.1, 0.15) is 31.9 Å². The molecule has 6 heteroatoms. The van der Waals surface area contributed by atoms with Crippen molar-refractivity contribution in [2.45, 2.75) is 39.3 Å². The Bertz CT molecular complexity index is 576. The second kappa shape index (κ2) is 6.25. The van der Waals surface area contributed by atoms with Crippen LogP contribution in [0.3, 0.4) is 0 Å². The zero-order valence-corrected chi connectivity index (χ0v) is 13.1. The zero-order valence-electron chi connectivity index (χ0n) is 13.1. The molecule has 1 aliphatic heterocycles. The summed E-state index contributed by atoms with van der Waals surface area (Å²) in [5.74, 6) is -0.528. The molecule has 1 aliphatic rings. The third kappa shape index (κ3) is 4.38. The van der Waals surface area contributed by atoms with Gasteiger partial charge in [-0.15, -0.1) is 0 Å². The lowest BCUT2D eigenvalue weighted by Crippen LogP contribution is -2.39. The van der Waals surface area contributed by atoms with E-state index in [2.05, 4.69) is 0 Å². The van der Waals surface area contributed by atoms with Crippen molar-refractivity contribution < 1.29 is 24.2 Å². The lowest BCUT2D eigenvalue weighted by atomic mass is 10.00. The fourth-order valence-corrected chi connectivity index (χ4v) is 2.25. The molecule has 0 fully saturated rings. The smallest absolute Gasteiger partial charge is 0.410 e. The first-order valence-electron chi connectivity index (χ1n) is 7.19. The zero-order chi connectivity index (χ0) is 16.3. The summed E-state index contributed by atoms with van der Waals surface area (Å²) in [5, 5.41) is 8.64. The number of aliphatic carboxylic acids is 1. The second-order valence-corrected chi connectivity index (χ2v) is 6.26. The minimum atomic E-state index is -1.02. The molecule has 22 heavy (non-hydrogen) atoms. The van der Waals surface area contributed by atoms with Crippen LogP contribution in [-0.4, -0.2) is 40.8 Å². The number of fused-ring (bicyclic) bond motifs is 1. The van der Waals surface area contributed by atoms with E-state index in [1.165, 1.54) is 0 Å². The van der Waals surface area contributed by atoms with Crippen molar-refractivity contribution in [1.82, 2.24) is 4.90 Å². The number of carbonyl (C=O) groups is 2. The number of hydrogen-bond acceptors (Lipinski definition) is 4. The van der Waals surface area contributed by atoms with E-state index >= 15 is 0 Å². The van der Waals surface area contributed by atoms with Crippen LogP contribution in [0.5, 0.6) is 5.75 Å². The maximum absolute atomic E-state index is 12.1. The molecular weight excluding hydrogens is 286 g/mol. The van der Waals surface area contributed by atoms with Crippen molar-refractivity contribution >= 4 is 12.1 Å². The molecule has 1 aromatic rings. The normalized spacial score (nSPS) is 14.2. The largest absolute Gasteiger partial charge is 0.482 e. The van der Waals surface area contributed by atoms with Crippen LogP contribution in [0.15, 0.2) is 18.2 Å². The predicted molar refractivity (Wildman–Crippen MR) is 79.9 cm³/mol. The van der Waals surface area contributed by atoms with Gasteiger partial charge in [0.2, 0.25) is 0 Å². The van der Waals surface area contributed by atoms with Crippen molar-refractivity contribution in [1.29, 1.82) is 0 Å². The van der Waals surface area contributed by atoms with E-state index in [9.17, 15) is 9.59 Å². The number of benzene rings is 1. The third-order valence-electron chi connectivity index (χ3n) is 3.20. The molecule has 1 amide bonds. The molecule has 1 N–H and O–H groups in total. The lowest BCUT2D eigenvalue weighted by Gasteiger charge is -2.31. The summed E-state index contributed by atoms with van der Waals surface area (Å²) in [6.45, 7) is 6.17. The van der Waals surface area contributed by atoms with Crippen LogP contribution in [-0.2, 0) is 22.5 Å². The molecule has 0 aromatic heterocycles. The number of amides is 1. The lowest BCUT2D eigenvalue weighted by molar-refractivity contribution is -0.139. The molecule has 0 bridgehead atoms. The van der Waals surface area contributed by atoms with Crippen LogP contribution < -0.4 is 4.74 Å². The topological polar surface area (TPSA) is 76.1 Å². The standard InChI is InChI=1S/C16H21NO5/c1-16(2,3)22-15(20)17-7-6-11-4-5-13(8-12(11)9-17)21-10-14(18)19/h4-5,8H,6-7,9-10H2,1-3H3,(H,18,19). The highest BCUT2D eigenvalue weighted by Gasteiger charge is 2.25. The number of rotatable bonds is 3. The Kier molecular flexibility index (Phi) is 4.59. The molecule has 0 radical (unpaired) electrons. The van der Waals surface area contributed by atoms with Crippen LogP contribution >= 0.6 is 0 Å². The first kappa shape index (κ1) is 16.1. The van der Waals surface area contributed by atoms with Gasteiger partial charge in [-0.25, -0.2) is 9.59 Å². The Labute approximate surface area is 129 Å². The fourth-order valence-electron chi connectivity index (χ4n) is 2.25. The Hall–Kier alpha value is -2.24. The number of carboxylic acids is 1. The first-order valence-corrected chi connectivity index (χ1v) is 7.19. The molecule has 0 atom stereocenters. The number of ether oxygens (including phenoxy) is 2. The van der Waals surface area contributed by atoms with Crippen LogP contribution in [0, 0.1) is 0 Å². The monoisotopic (exact) mass is 307 g/mol. The van der Waals surface area contributed by atoms with Crippen molar-refractivity contribution in [3.05, 3.63) is 29.3 Å². The van der Waals surface area contributed by atoms with E-state index in [-0.39, 0.29) is 12.7 Å². The number of carbonyl (C=O) groups excluding carboxylic acids is 1. The summed E-state index contributed by atoms with van der Waals surface area (Å²) in [5.41, 5.74) is 1.58. The molecule has 1 aromatic carbocycles. The van der Waals surface area contributed by atoms with Gasteiger partial charge in [0.25, 0.3) is 0 Å². The summed E-state index contributed by atoms with van der Waals surface area (Å²) in [6.07, 6.45) is 0.406. The van der Waals surface area contributed by atoms with E-state index in [4.69, 9.17) is 14.6 Å². The summed E-state index contributed by atoms with van der Waals surface area (Å²) in [6, 6.07) is 5.46. The summed E-state index contributed by atoms with van der Waals surface area (Å²) >= 11 is 0. The van der Waals surface area contributed by atoms with Gasteiger partial charge in [-0.3, -0.25) is 0 Å². The highest BCUT2D eigenvalue weighted by molar-refractivity contribution is 5.69. The summed E-state index contributed by atoms with van der Waals surface area (Å²) in [7, 11) is 0. The summed E-state index contributed by atoms with van der Waals surface area (Å²) in [4.78, 5) is 24.3. The Morgan fingerprint density at radius 1 is 1.27 bits per heavy atom. The predicted octanol–water partition coefficient (Wildman–Crippen LogP) is 2.44. The van der Waals surface area contributed by atoms with E-state index in [0.29, 0.717) is 18.8 Å². The SMILES string of the molecule is CC(C)(C)OC(=O)N1CCc2ccc(OCC(=O)O)cc2C1. The molecule has 1 heterocycles. The summed E-state index contributed by atoms with van der Waals surface area (Å²) < 4.78 is 10.6. The van der Waals surface area contributed by atoms with E-state index in [1.54, 1.807) is 17.0 Å². The molecule has 0 saturated carbocycles. The first-order chi connectivity index (χ1) is 10.2. The van der Waals surface area contributed by atoms with E-state index < -0.39 is 11.6 Å². The van der Waals surface area contributed by atoms with Gasteiger partial charge in [0.1, 0.15) is 11.4 Å². The highest BCUT2D eigenvalue weighted by Crippen LogP contribution is 2.25. The Morgan fingerprint density at radius 3 is 2.64 bits per heavy atom. The van der Waals surface area contributed by atoms with Gasteiger partial charge in [-0.2, -0.15) is 0 Å². The average molecular weight is 307 g/mol. The fraction of sp³-hybridized carbons (Fsp3) is 0.500. The molecule has 0 saturated heterocycles. The number of hydrogen-bond donors (Lipinski definition) is 1. The molecule has 0 spiro atoms. The third-order valence-corrected chi connectivity index (χ3v) is 3.20. The second-order valence-electron chi connectivity index (χ2n) is 6.26.